The summed E-state index contributed by atoms with van der Waals surface area (Å²) in [4.78, 5) is 24.6. The van der Waals surface area contributed by atoms with Crippen molar-refractivity contribution < 1.29 is 14.7 Å². The largest absolute Gasteiger partial charge is 0.481 e. The van der Waals surface area contributed by atoms with E-state index in [0.29, 0.717) is 13.1 Å². The van der Waals surface area contributed by atoms with Gasteiger partial charge in [-0.15, -0.1) is 0 Å². The van der Waals surface area contributed by atoms with Gasteiger partial charge in [0.2, 0.25) is 0 Å². The number of amides is 2. The van der Waals surface area contributed by atoms with E-state index in [4.69, 9.17) is 5.11 Å². The molecule has 3 N–H and O–H groups in total. The third-order valence-corrected chi connectivity index (χ3v) is 3.22. The third kappa shape index (κ3) is 6.76. The van der Waals surface area contributed by atoms with Crippen LogP contribution in [-0.2, 0) is 17.8 Å². The zero-order valence-electron chi connectivity index (χ0n) is 12.6. The molecule has 0 unspecified atom stereocenters. The van der Waals surface area contributed by atoms with Gasteiger partial charge in [0.05, 0.1) is 6.42 Å². The molecule has 0 aliphatic carbocycles. The molecule has 0 aliphatic heterocycles. The first-order valence-corrected chi connectivity index (χ1v) is 7.01. The van der Waals surface area contributed by atoms with E-state index in [1.165, 1.54) is 0 Å². The minimum Gasteiger partial charge on any atom is -0.481 e. The quantitative estimate of drug-likeness (QED) is 0.669. The second-order valence-corrected chi connectivity index (χ2v) is 4.84. The van der Waals surface area contributed by atoms with E-state index in [0.717, 1.165) is 24.2 Å². The number of likely N-dealkylation sites (N-methyl/N-ethyl adjacent to an activating group) is 1. The minimum absolute atomic E-state index is 0.0409. The Hall–Kier alpha value is -2.08. The minimum atomic E-state index is -0.880. The van der Waals surface area contributed by atoms with Gasteiger partial charge in [-0.05, 0) is 24.7 Å². The van der Waals surface area contributed by atoms with Gasteiger partial charge >= 0.3 is 12.0 Å². The van der Waals surface area contributed by atoms with Crippen molar-refractivity contribution in [2.45, 2.75) is 19.9 Å². The van der Waals surface area contributed by atoms with E-state index < -0.39 is 5.97 Å². The maximum atomic E-state index is 11.7. The second kappa shape index (κ2) is 8.97. The molecule has 0 aromatic heterocycles. The van der Waals surface area contributed by atoms with Crippen LogP contribution < -0.4 is 10.6 Å². The number of hydrogen-bond acceptors (Lipinski definition) is 3. The van der Waals surface area contributed by atoms with E-state index in [2.05, 4.69) is 22.5 Å². The molecule has 0 aliphatic rings. The van der Waals surface area contributed by atoms with Gasteiger partial charge in [0.1, 0.15) is 0 Å². The van der Waals surface area contributed by atoms with Crippen LogP contribution in [0.25, 0.3) is 0 Å². The van der Waals surface area contributed by atoms with Crippen LogP contribution in [0.5, 0.6) is 0 Å². The molecule has 1 aromatic carbocycles. The summed E-state index contributed by atoms with van der Waals surface area (Å²) in [6, 6.07) is 6.96. The average molecular weight is 293 g/mol. The lowest BCUT2D eigenvalue weighted by molar-refractivity contribution is -0.136. The average Bonchev–Trinajstić information content (AvgIpc) is 2.45. The van der Waals surface area contributed by atoms with Crippen molar-refractivity contribution in [2.24, 2.45) is 0 Å². The molecule has 0 saturated heterocycles. The number of nitrogens with zero attached hydrogens (tertiary/aromatic N) is 1. The summed E-state index contributed by atoms with van der Waals surface area (Å²) < 4.78 is 0. The summed E-state index contributed by atoms with van der Waals surface area (Å²) in [6.07, 6.45) is -0.0409. The summed E-state index contributed by atoms with van der Waals surface area (Å²) in [7, 11) is 1.99. The standard InChI is InChI=1S/C15H23N3O3/c1-3-18(2)9-8-16-15(21)17-11-13-7-5-4-6-12(13)10-14(19)20/h4-7H,3,8-11H2,1-2H3,(H,19,20)(H2,16,17,21). The number of rotatable bonds is 8. The zero-order chi connectivity index (χ0) is 15.7. The highest BCUT2D eigenvalue weighted by atomic mass is 16.4. The first-order valence-electron chi connectivity index (χ1n) is 7.01. The van der Waals surface area contributed by atoms with Crippen LogP contribution in [0.1, 0.15) is 18.1 Å². The fourth-order valence-corrected chi connectivity index (χ4v) is 1.82. The predicted octanol–water partition coefficient (Wildman–Crippen LogP) is 1.06. The van der Waals surface area contributed by atoms with E-state index in [-0.39, 0.29) is 12.5 Å². The molecule has 2 amide bonds. The number of carboxylic acid groups (broad SMARTS) is 1. The first-order chi connectivity index (χ1) is 10.0. The van der Waals surface area contributed by atoms with Gasteiger partial charge in [0, 0.05) is 19.6 Å². The highest BCUT2D eigenvalue weighted by molar-refractivity contribution is 5.74. The number of nitrogens with one attached hydrogen (secondary N) is 2. The lowest BCUT2D eigenvalue weighted by Crippen LogP contribution is -2.39. The van der Waals surface area contributed by atoms with Crippen LogP contribution >= 0.6 is 0 Å². The Kier molecular flexibility index (Phi) is 7.25. The summed E-state index contributed by atoms with van der Waals surface area (Å²) in [5.74, 6) is -0.880. The lowest BCUT2D eigenvalue weighted by atomic mass is 10.0. The Labute approximate surface area is 125 Å². The van der Waals surface area contributed by atoms with Crippen molar-refractivity contribution in [3.05, 3.63) is 35.4 Å². The van der Waals surface area contributed by atoms with Gasteiger partial charge in [-0.3, -0.25) is 4.79 Å². The van der Waals surface area contributed by atoms with Crippen LogP contribution in [-0.4, -0.2) is 48.7 Å². The maximum absolute atomic E-state index is 11.7. The molecule has 0 heterocycles. The topological polar surface area (TPSA) is 81.7 Å². The maximum Gasteiger partial charge on any atom is 0.315 e. The monoisotopic (exact) mass is 293 g/mol. The molecular weight excluding hydrogens is 270 g/mol. The van der Waals surface area contributed by atoms with Crippen molar-refractivity contribution in [2.75, 3.05) is 26.7 Å². The number of urea groups is 1. The van der Waals surface area contributed by atoms with Crippen molar-refractivity contribution in [1.29, 1.82) is 0 Å². The molecule has 116 valence electrons. The molecule has 1 aromatic rings. The lowest BCUT2D eigenvalue weighted by Gasteiger charge is -2.14. The molecule has 0 radical (unpaired) electrons. The van der Waals surface area contributed by atoms with Crippen molar-refractivity contribution in [3.63, 3.8) is 0 Å². The third-order valence-electron chi connectivity index (χ3n) is 3.22. The summed E-state index contributed by atoms with van der Waals surface area (Å²) >= 11 is 0. The highest BCUT2D eigenvalue weighted by Crippen LogP contribution is 2.09. The molecule has 6 heteroatoms. The molecular formula is C15H23N3O3. The van der Waals surface area contributed by atoms with Crippen molar-refractivity contribution in [3.8, 4) is 0 Å². The number of carbonyl (C=O) groups is 2. The number of carbonyl (C=O) groups excluding carboxylic acids is 1. The van der Waals surface area contributed by atoms with Gasteiger partial charge in [-0.25, -0.2) is 4.79 Å². The Balaban J connectivity index is 2.41. The molecule has 6 nitrogen and oxygen atoms in total. The van der Waals surface area contributed by atoms with E-state index in [9.17, 15) is 9.59 Å². The fourth-order valence-electron chi connectivity index (χ4n) is 1.82. The summed E-state index contributed by atoms with van der Waals surface area (Å²) in [6.45, 7) is 4.68. The van der Waals surface area contributed by atoms with Crippen LogP contribution in [0.2, 0.25) is 0 Å². The van der Waals surface area contributed by atoms with Crippen molar-refractivity contribution in [1.82, 2.24) is 15.5 Å². The molecule has 0 fully saturated rings. The van der Waals surface area contributed by atoms with E-state index in [1.807, 2.05) is 19.2 Å². The van der Waals surface area contributed by atoms with E-state index >= 15 is 0 Å². The molecule has 0 spiro atoms. The van der Waals surface area contributed by atoms with Gasteiger partial charge < -0.3 is 20.6 Å². The van der Waals surface area contributed by atoms with Crippen LogP contribution in [0.15, 0.2) is 24.3 Å². The number of benzene rings is 1. The SMILES string of the molecule is CCN(C)CCNC(=O)NCc1ccccc1CC(=O)O. The number of aliphatic carboxylic acids is 1. The molecule has 0 saturated carbocycles. The molecule has 1 rings (SSSR count). The normalized spacial score (nSPS) is 10.4. The Morgan fingerprint density at radius 2 is 1.86 bits per heavy atom. The molecule has 21 heavy (non-hydrogen) atoms. The fraction of sp³-hybridized carbons (Fsp3) is 0.467. The summed E-state index contributed by atoms with van der Waals surface area (Å²) in [5, 5.41) is 14.4. The Morgan fingerprint density at radius 3 is 2.48 bits per heavy atom. The van der Waals surface area contributed by atoms with Crippen LogP contribution in [0.3, 0.4) is 0 Å². The smallest absolute Gasteiger partial charge is 0.315 e. The van der Waals surface area contributed by atoms with Crippen LogP contribution in [0.4, 0.5) is 4.79 Å². The number of hydrogen-bond donors (Lipinski definition) is 3. The summed E-state index contributed by atoms with van der Waals surface area (Å²) in [5.41, 5.74) is 1.54. The molecule has 0 atom stereocenters. The van der Waals surface area contributed by atoms with Gasteiger partial charge in [-0.2, -0.15) is 0 Å². The zero-order valence-corrected chi connectivity index (χ0v) is 12.6. The molecule has 0 bridgehead atoms. The van der Waals surface area contributed by atoms with Crippen LogP contribution in [0, 0.1) is 0 Å². The van der Waals surface area contributed by atoms with E-state index in [1.54, 1.807) is 12.1 Å². The number of carboxylic acids is 1. The Morgan fingerprint density at radius 1 is 1.19 bits per heavy atom. The van der Waals surface area contributed by atoms with Gasteiger partial charge in [0.15, 0.2) is 0 Å². The van der Waals surface area contributed by atoms with Crippen molar-refractivity contribution >= 4 is 12.0 Å². The Bertz CT molecular complexity index is 477. The first kappa shape index (κ1) is 17.0. The predicted molar refractivity (Wildman–Crippen MR) is 81.2 cm³/mol. The van der Waals surface area contributed by atoms with Gasteiger partial charge in [0.25, 0.3) is 0 Å². The highest BCUT2D eigenvalue weighted by Gasteiger charge is 2.07. The van der Waals surface area contributed by atoms with Gasteiger partial charge in [-0.1, -0.05) is 31.2 Å². The second-order valence-electron chi connectivity index (χ2n) is 4.84.